The minimum atomic E-state index is 0.258. The van der Waals surface area contributed by atoms with Gasteiger partial charge in [0.05, 0.1) is 5.39 Å². The zero-order valence-corrected chi connectivity index (χ0v) is 13.1. The predicted octanol–water partition coefficient (Wildman–Crippen LogP) is 5.16. The molecular formula is C13H9BrClN3S. The minimum Gasteiger partial charge on any atom is -0.340 e. The SMILES string of the molecule is Cc1cc2c(Nc3ccc(Br)cc3)nc(Cl)nc2s1. The maximum absolute atomic E-state index is 5.96. The fourth-order valence-corrected chi connectivity index (χ4v) is 3.14. The summed E-state index contributed by atoms with van der Waals surface area (Å²) in [5, 5.41) is 4.53. The smallest absolute Gasteiger partial charge is 0.225 e. The Labute approximate surface area is 127 Å². The Morgan fingerprint density at radius 2 is 1.95 bits per heavy atom. The molecule has 0 amide bonds. The molecule has 0 unspecified atom stereocenters. The molecule has 0 aliphatic rings. The van der Waals surface area contributed by atoms with Crippen molar-refractivity contribution >= 4 is 60.6 Å². The Morgan fingerprint density at radius 3 is 2.68 bits per heavy atom. The highest BCUT2D eigenvalue weighted by Crippen LogP contribution is 2.31. The Kier molecular flexibility index (Phi) is 3.43. The average Bonchev–Trinajstić information content (AvgIpc) is 2.72. The summed E-state index contributed by atoms with van der Waals surface area (Å²) in [4.78, 5) is 10.6. The summed E-state index contributed by atoms with van der Waals surface area (Å²) >= 11 is 11.0. The molecule has 0 spiro atoms. The van der Waals surface area contributed by atoms with Crippen molar-refractivity contribution in [2.75, 3.05) is 5.32 Å². The molecule has 0 radical (unpaired) electrons. The number of nitrogens with zero attached hydrogens (tertiary/aromatic N) is 2. The largest absolute Gasteiger partial charge is 0.340 e. The number of nitrogens with one attached hydrogen (secondary N) is 1. The van der Waals surface area contributed by atoms with Crippen LogP contribution in [0.3, 0.4) is 0 Å². The van der Waals surface area contributed by atoms with Crippen LogP contribution in [0.25, 0.3) is 10.2 Å². The van der Waals surface area contributed by atoms with Crippen molar-refractivity contribution in [1.82, 2.24) is 9.97 Å². The number of hydrogen-bond acceptors (Lipinski definition) is 4. The van der Waals surface area contributed by atoms with E-state index in [0.29, 0.717) is 0 Å². The summed E-state index contributed by atoms with van der Waals surface area (Å²) < 4.78 is 1.04. The van der Waals surface area contributed by atoms with Crippen LogP contribution in [0.1, 0.15) is 4.88 Å². The van der Waals surface area contributed by atoms with Crippen molar-refractivity contribution < 1.29 is 0 Å². The summed E-state index contributed by atoms with van der Waals surface area (Å²) in [5.41, 5.74) is 0.961. The molecular weight excluding hydrogens is 346 g/mol. The summed E-state index contributed by atoms with van der Waals surface area (Å²) in [6.45, 7) is 2.05. The van der Waals surface area contributed by atoms with Crippen LogP contribution in [-0.4, -0.2) is 9.97 Å². The summed E-state index contributed by atoms with van der Waals surface area (Å²) in [6, 6.07) is 9.97. The van der Waals surface area contributed by atoms with Crippen LogP contribution in [0, 0.1) is 6.92 Å². The van der Waals surface area contributed by atoms with Crippen molar-refractivity contribution in [1.29, 1.82) is 0 Å². The molecule has 1 aromatic carbocycles. The lowest BCUT2D eigenvalue weighted by Crippen LogP contribution is -1.95. The van der Waals surface area contributed by atoms with Gasteiger partial charge in [0.15, 0.2) is 0 Å². The molecule has 0 aliphatic heterocycles. The second kappa shape index (κ2) is 5.07. The predicted molar refractivity (Wildman–Crippen MR) is 84.6 cm³/mol. The van der Waals surface area contributed by atoms with Crippen LogP contribution in [0.5, 0.6) is 0 Å². The molecule has 96 valence electrons. The number of halogens is 2. The number of benzene rings is 1. The van der Waals surface area contributed by atoms with E-state index in [1.54, 1.807) is 11.3 Å². The van der Waals surface area contributed by atoms with Crippen molar-refractivity contribution in [2.24, 2.45) is 0 Å². The summed E-state index contributed by atoms with van der Waals surface area (Å²) in [5.74, 6) is 0.738. The van der Waals surface area contributed by atoms with Gasteiger partial charge >= 0.3 is 0 Å². The Bertz CT molecular complexity index is 739. The van der Waals surface area contributed by atoms with Gasteiger partial charge in [-0.05, 0) is 48.9 Å². The van der Waals surface area contributed by atoms with Crippen LogP contribution in [-0.2, 0) is 0 Å². The van der Waals surface area contributed by atoms with Crippen LogP contribution in [0.15, 0.2) is 34.8 Å². The molecule has 0 atom stereocenters. The highest BCUT2D eigenvalue weighted by Gasteiger charge is 2.09. The number of aryl methyl sites for hydroxylation is 1. The van der Waals surface area contributed by atoms with Crippen LogP contribution >= 0.6 is 38.9 Å². The molecule has 0 fully saturated rings. The number of thiophene rings is 1. The lowest BCUT2D eigenvalue weighted by Gasteiger charge is -2.07. The molecule has 3 aromatic rings. The maximum Gasteiger partial charge on any atom is 0.225 e. The van der Waals surface area contributed by atoms with E-state index in [9.17, 15) is 0 Å². The second-order valence-corrected chi connectivity index (χ2v) is 6.54. The van der Waals surface area contributed by atoms with Gasteiger partial charge < -0.3 is 5.32 Å². The molecule has 3 rings (SSSR count). The number of rotatable bonds is 2. The Hall–Kier alpha value is -1.17. The number of fused-ring (bicyclic) bond motifs is 1. The third-order valence-corrected chi connectivity index (χ3v) is 4.24. The third-order valence-electron chi connectivity index (χ3n) is 2.60. The Morgan fingerprint density at radius 1 is 1.21 bits per heavy atom. The fourth-order valence-electron chi connectivity index (χ4n) is 1.78. The molecule has 0 saturated heterocycles. The highest BCUT2D eigenvalue weighted by molar-refractivity contribution is 9.10. The molecule has 0 bridgehead atoms. The van der Waals surface area contributed by atoms with Crippen LogP contribution in [0.2, 0.25) is 5.28 Å². The van der Waals surface area contributed by atoms with Gasteiger partial charge in [-0.15, -0.1) is 11.3 Å². The third kappa shape index (κ3) is 2.73. The second-order valence-electron chi connectivity index (χ2n) is 4.05. The Balaban J connectivity index is 2.06. The van der Waals surface area contributed by atoms with Gasteiger partial charge in [-0.1, -0.05) is 15.9 Å². The monoisotopic (exact) mass is 353 g/mol. The first kappa shape index (κ1) is 12.8. The first-order valence-electron chi connectivity index (χ1n) is 5.58. The van der Waals surface area contributed by atoms with Gasteiger partial charge in [0, 0.05) is 15.0 Å². The van der Waals surface area contributed by atoms with Crippen molar-refractivity contribution in [3.63, 3.8) is 0 Å². The summed E-state index contributed by atoms with van der Waals surface area (Å²) in [6.07, 6.45) is 0. The van der Waals surface area contributed by atoms with Gasteiger partial charge in [0.1, 0.15) is 10.6 Å². The normalized spacial score (nSPS) is 10.9. The van der Waals surface area contributed by atoms with Gasteiger partial charge in [-0.2, -0.15) is 4.98 Å². The molecule has 0 saturated carbocycles. The van der Waals surface area contributed by atoms with E-state index in [4.69, 9.17) is 11.6 Å². The number of aromatic nitrogens is 2. The number of hydrogen-bond donors (Lipinski definition) is 1. The first-order valence-corrected chi connectivity index (χ1v) is 7.57. The highest BCUT2D eigenvalue weighted by atomic mass is 79.9. The van der Waals surface area contributed by atoms with Gasteiger partial charge in [0.2, 0.25) is 5.28 Å². The quantitative estimate of drug-likeness (QED) is 0.646. The van der Waals surface area contributed by atoms with Crippen molar-refractivity contribution in [3.05, 3.63) is 45.0 Å². The molecule has 19 heavy (non-hydrogen) atoms. The maximum atomic E-state index is 5.96. The van der Waals surface area contributed by atoms with Gasteiger partial charge in [-0.3, -0.25) is 0 Å². The molecule has 0 aliphatic carbocycles. The van der Waals surface area contributed by atoms with Crippen molar-refractivity contribution in [3.8, 4) is 0 Å². The van der Waals surface area contributed by atoms with E-state index in [1.165, 1.54) is 4.88 Å². The average molecular weight is 355 g/mol. The number of anilines is 2. The lowest BCUT2D eigenvalue weighted by molar-refractivity contribution is 1.23. The molecule has 2 heterocycles. The molecule has 3 nitrogen and oxygen atoms in total. The minimum absolute atomic E-state index is 0.258. The van der Waals surface area contributed by atoms with E-state index in [1.807, 2.05) is 31.2 Å². The van der Waals surface area contributed by atoms with E-state index < -0.39 is 0 Å². The van der Waals surface area contributed by atoms with E-state index in [-0.39, 0.29) is 5.28 Å². The zero-order chi connectivity index (χ0) is 13.4. The van der Waals surface area contributed by atoms with Crippen molar-refractivity contribution in [2.45, 2.75) is 6.92 Å². The summed E-state index contributed by atoms with van der Waals surface area (Å²) in [7, 11) is 0. The zero-order valence-electron chi connectivity index (χ0n) is 9.95. The first-order chi connectivity index (χ1) is 9.11. The molecule has 2 aromatic heterocycles. The standard InChI is InChI=1S/C13H9BrClN3S/c1-7-6-10-11(17-13(15)18-12(10)19-7)16-9-4-2-8(14)3-5-9/h2-6H,1H3,(H,16,17,18). The topological polar surface area (TPSA) is 37.8 Å². The molecule has 6 heteroatoms. The molecule has 1 N–H and O–H groups in total. The van der Waals surface area contributed by atoms with E-state index >= 15 is 0 Å². The van der Waals surface area contributed by atoms with Crippen LogP contribution in [0.4, 0.5) is 11.5 Å². The van der Waals surface area contributed by atoms with Crippen LogP contribution < -0.4 is 5.32 Å². The van der Waals surface area contributed by atoms with Gasteiger partial charge in [-0.25, -0.2) is 4.98 Å². The van der Waals surface area contributed by atoms with E-state index in [2.05, 4.69) is 37.3 Å². The van der Waals surface area contributed by atoms with E-state index in [0.717, 1.165) is 26.2 Å². The lowest BCUT2D eigenvalue weighted by atomic mass is 10.3. The van der Waals surface area contributed by atoms with Gasteiger partial charge in [0.25, 0.3) is 0 Å². The fraction of sp³-hybridized carbons (Fsp3) is 0.0769.